The van der Waals surface area contributed by atoms with Crippen LogP contribution < -0.4 is 0 Å². The molecule has 0 amide bonds. The van der Waals surface area contributed by atoms with Crippen LogP contribution in [0.3, 0.4) is 0 Å². The lowest BCUT2D eigenvalue weighted by Crippen LogP contribution is -2.18. The van der Waals surface area contributed by atoms with Gasteiger partial charge in [-0.1, -0.05) is 0 Å². The summed E-state index contributed by atoms with van der Waals surface area (Å²) < 4.78 is 0. The average molecular weight is 158 g/mol. The van der Waals surface area contributed by atoms with Gasteiger partial charge in [-0.25, -0.2) is 0 Å². The first-order valence-electron chi connectivity index (χ1n) is 3.68. The molecule has 0 unspecified atom stereocenters. The maximum absolute atomic E-state index is 11.2. The Labute approximate surface area is 64.7 Å². The SMILES string of the molecule is CS(C)=C1CCCCC1=O. The van der Waals surface area contributed by atoms with Gasteiger partial charge < -0.3 is 0 Å². The second kappa shape index (κ2) is 3.33. The molecule has 10 heavy (non-hydrogen) atoms. The second-order valence-electron chi connectivity index (χ2n) is 2.87. The zero-order valence-corrected chi connectivity index (χ0v) is 7.46. The molecule has 0 saturated heterocycles. The van der Waals surface area contributed by atoms with E-state index < -0.39 is 0 Å². The lowest BCUT2D eigenvalue weighted by atomic mass is 9.99. The molecule has 0 aromatic heterocycles. The molecule has 1 fully saturated rings. The number of ketones is 1. The Balaban J connectivity index is 2.75. The third-order valence-electron chi connectivity index (χ3n) is 1.86. The van der Waals surface area contributed by atoms with Crippen molar-refractivity contribution in [3.05, 3.63) is 0 Å². The summed E-state index contributed by atoms with van der Waals surface area (Å²) in [5, 5.41) is 0. The Morgan fingerprint density at radius 2 is 1.80 bits per heavy atom. The molecule has 2 heteroatoms. The van der Waals surface area contributed by atoms with Gasteiger partial charge in [-0.2, -0.15) is 10.5 Å². The number of carbonyl (C=O) groups excluding carboxylic acids is 1. The Morgan fingerprint density at radius 1 is 1.20 bits per heavy atom. The highest BCUT2D eigenvalue weighted by molar-refractivity contribution is 8.15. The Kier molecular flexibility index (Phi) is 2.66. The maximum Gasteiger partial charge on any atom is 0.164 e. The van der Waals surface area contributed by atoms with Crippen LogP contribution in [0.2, 0.25) is 0 Å². The Hall–Kier alpha value is -0.110. The van der Waals surface area contributed by atoms with Crippen LogP contribution in [0.25, 0.3) is 0 Å². The van der Waals surface area contributed by atoms with Crippen LogP contribution in [-0.4, -0.2) is 23.2 Å². The minimum absolute atomic E-state index is 0.235. The quantitative estimate of drug-likeness (QED) is 0.492. The van der Waals surface area contributed by atoms with Crippen LogP contribution in [0, 0.1) is 0 Å². The zero-order chi connectivity index (χ0) is 7.56. The second-order valence-corrected chi connectivity index (χ2v) is 5.00. The number of Topliss-reactive ketones (excluding diaryl/α,β-unsaturated/α-hetero) is 1. The summed E-state index contributed by atoms with van der Waals surface area (Å²) in [4.78, 5) is 12.4. The van der Waals surface area contributed by atoms with Crippen LogP contribution in [0.4, 0.5) is 0 Å². The van der Waals surface area contributed by atoms with Crippen molar-refractivity contribution >= 4 is 21.1 Å². The smallest absolute Gasteiger partial charge is 0.164 e. The van der Waals surface area contributed by atoms with Crippen molar-refractivity contribution in [3.63, 3.8) is 0 Å². The summed E-state index contributed by atoms with van der Waals surface area (Å²) in [6.45, 7) is 0. The first-order valence-corrected chi connectivity index (χ1v) is 5.72. The van der Waals surface area contributed by atoms with Gasteiger partial charge in [0.15, 0.2) is 5.78 Å². The average Bonchev–Trinajstić information content (AvgIpc) is 1.88. The van der Waals surface area contributed by atoms with Crippen molar-refractivity contribution < 1.29 is 4.79 Å². The summed E-state index contributed by atoms with van der Waals surface area (Å²) in [6.07, 6.45) is 8.48. The van der Waals surface area contributed by atoms with Gasteiger partial charge in [0.2, 0.25) is 0 Å². The highest BCUT2D eigenvalue weighted by Gasteiger charge is 2.15. The molecule has 0 aliphatic heterocycles. The molecule has 1 aliphatic rings. The minimum Gasteiger partial charge on any atom is -0.294 e. The van der Waals surface area contributed by atoms with Gasteiger partial charge in [0.1, 0.15) is 0 Å². The van der Waals surface area contributed by atoms with Gasteiger partial charge in [-0.15, -0.1) is 0 Å². The minimum atomic E-state index is 0.235. The molecule has 1 aliphatic carbocycles. The molecule has 0 N–H and O–H groups in total. The van der Waals surface area contributed by atoms with Gasteiger partial charge in [-0.05, 0) is 31.8 Å². The van der Waals surface area contributed by atoms with Crippen molar-refractivity contribution in [1.82, 2.24) is 0 Å². The lowest BCUT2D eigenvalue weighted by molar-refractivity contribution is -0.113. The van der Waals surface area contributed by atoms with Crippen LogP contribution in [0.1, 0.15) is 25.7 Å². The summed E-state index contributed by atoms with van der Waals surface area (Å²) >= 11 is 0. The van der Waals surface area contributed by atoms with E-state index in [1.165, 1.54) is 11.3 Å². The van der Waals surface area contributed by atoms with E-state index in [-0.39, 0.29) is 10.5 Å². The molecule has 1 nitrogen and oxygen atoms in total. The zero-order valence-electron chi connectivity index (χ0n) is 6.64. The molecular formula is C8H14OS. The number of hydrogen-bond donors (Lipinski definition) is 0. The van der Waals surface area contributed by atoms with E-state index in [0.717, 1.165) is 19.3 Å². The summed E-state index contributed by atoms with van der Waals surface area (Å²) in [6, 6.07) is 0. The standard InChI is InChI=1S/C8H14OS/c1-10(2)8-6-4-3-5-7(8)9/h3-6H2,1-2H3. The molecule has 1 rings (SSSR count). The van der Waals surface area contributed by atoms with Crippen molar-refractivity contribution in [2.45, 2.75) is 25.7 Å². The number of hydrogen-bond acceptors (Lipinski definition) is 1. The van der Waals surface area contributed by atoms with Gasteiger partial charge >= 0.3 is 0 Å². The van der Waals surface area contributed by atoms with Gasteiger partial charge in [-0.3, -0.25) is 4.79 Å². The highest BCUT2D eigenvalue weighted by atomic mass is 32.2. The topological polar surface area (TPSA) is 17.1 Å². The van der Waals surface area contributed by atoms with Crippen molar-refractivity contribution in [3.8, 4) is 0 Å². The Morgan fingerprint density at radius 3 is 2.20 bits per heavy atom. The molecule has 0 spiro atoms. The predicted molar refractivity (Wildman–Crippen MR) is 47.9 cm³/mol. The molecule has 0 aromatic rings. The van der Waals surface area contributed by atoms with Crippen molar-refractivity contribution in [2.24, 2.45) is 0 Å². The molecular weight excluding hydrogens is 144 g/mol. The van der Waals surface area contributed by atoms with Crippen LogP contribution in [0.15, 0.2) is 0 Å². The third kappa shape index (κ3) is 1.69. The highest BCUT2D eigenvalue weighted by Crippen LogP contribution is 2.18. The lowest BCUT2D eigenvalue weighted by Gasteiger charge is -2.13. The van der Waals surface area contributed by atoms with Crippen LogP contribution in [-0.2, 0) is 4.79 Å². The molecule has 1 saturated carbocycles. The van der Waals surface area contributed by atoms with Crippen LogP contribution >= 0.6 is 10.5 Å². The van der Waals surface area contributed by atoms with Gasteiger partial charge in [0, 0.05) is 11.3 Å². The summed E-state index contributed by atoms with van der Waals surface area (Å²) in [7, 11) is 0.235. The molecule has 0 aromatic carbocycles. The molecule has 0 radical (unpaired) electrons. The predicted octanol–water partition coefficient (Wildman–Crippen LogP) is 1.83. The van der Waals surface area contributed by atoms with Crippen molar-refractivity contribution in [2.75, 3.05) is 12.5 Å². The summed E-state index contributed by atoms with van der Waals surface area (Å²) in [5.74, 6) is 0.430. The van der Waals surface area contributed by atoms with Gasteiger partial charge in [0.25, 0.3) is 0 Å². The molecule has 0 atom stereocenters. The molecule has 0 bridgehead atoms. The fraction of sp³-hybridized carbons (Fsp3) is 0.750. The van der Waals surface area contributed by atoms with Crippen LogP contribution in [0.5, 0.6) is 0 Å². The maximum atomic E-state index is 11.2. The first kappa shape index (κ1) is 7.99. The fourth-order valence-corrected chi connectivity index (χ4v) is 2.39. The Bertz CT molecular complexity index is 178. The van der Waals surface area contributed by atoms with E-state index in [9.17, 15) is 4.79 Å². The number of rotatable bonds is 0. The van der Waals surface area contributed by atoms with E-state index in [1.54, 1.807) is 0 Å². The summed E-state index contributed by atoms with van der Waals surface area (Å²) in [5.41, 5.74) is 0. The largest absolute Gasteiger partial charge is 0.294 e. The van der Waals surface area contributed by atoms with E-state index in [0.29, 0.717) is 5.78 Å². The monoisotopic (exact) mass is 158 g/mol. The van der Waals surface area contributed by atoms with E-state index in [2.05, 4.69) is 12.5 Å². The molecule has 58 valence electrons. The third-order valence-corrected chi connectivity index (χ3v) is 3.28. The van der Waals surface area contributed by atoms with E-state index in [4.69, 9.17) is 0 Å². The van der Waals surface area contributed by atoms with Gasteiger partial charge in [0.05, 0.1) is 0 Å². The van der Waals surface area contributed by atoms with E-state index >= 15 is 0 Å². The van der Waals surface area contributed by atoms with E-state index in [1.807, 2.05) is 0 Å². The van der Waals surface area contributed by atoms with Crippen molar-refractivity contribution in [1.29, 1.82) is 0 Å². The molecule has 0 heterocycles. The first-order chi connectivity index (χ1) is 4.72. The normalized spacial score (nSPS) is 20.3. The number of carbonyl (C=O) groups is 1. The fourth-order valence-electron chi connectivity index (χ4n) is 1.28.